The molecule has 0 amide bonds. The molecule has 0 saturated heterocycles. The van der Waals surface area contributed by atoms with Gasteiger partial charge in [-0.25, -0.2) is 0 Å². The summed E-state index contributed by atoms with van der Waals surface area (Å²) in [6.07, 6.45) is 1.75. The molecule has 0 saturated carbocycles. The van der Waals surface area contributed by atoms with E-state index in [1.807, 2.05) is 6.07 Å². The molecule has 0 fully saturated rings. The molecule has 2 N–H and O–H groups in total. The van der Waals surface area contributed by atoms with Crippen LogP contribution in [-0.4, -0.2) is 19.9 Å². The highest BCUT2D eigenvalue weighted by molar-refractivity contribution is 5.78. The van der Waals surface area contributed by atoms with E-state index >= 15 is 0 Å². The van der Waals surface area contributed by atoms with E-state index in [-0.39, 0.29) is 5.92 Å². The Bertz CT molecular complexity index is 336. The molecule has 0 aliphatic carbocycles. The second kappa shape index (κ2) is 5.51. The smallest absolute Gasteiger partial charge is 0.150 e. The summed E-state index contributed by atoms with van der Waals surface area (Å²) >= 11 is 0. The quantitative estimate of drug-likeness (QED) is 0.751. The van der Waals surface area contributed by atoms with Crippen LogP contribution in [0.15, 0.2) is 18.2 Å². The van der Waals surface area contributed by atoms with Crippen molar-refractivity contribution in [1.29, 1.82) is 0 Å². The van der Waals surface area contributed by atoms with Crippen molar-refractivity contribution in [3.05, 3.63) is 29.3 Å². The number of aldehydes is 1. The molecular weight excluding hydrogens is 190 g/mol. The molecule has 0 heterocycles. The largest absolute Gasteiger partial charge is 0.497 e. The maximum Gasteiger partial charge on any atom is 0.150 e. The lowest BCUT2D eigenvalue weighted by atomic mass is 9.93. The molecule has 0 aromatic heterocycles. The summed E-state index contributed by atoms with van der Waals surface area (Å²) in [7, 11) is 1.62. The van der Waals surface area contributed by atoms with Gasteiger partial charge >= 0.3 is 0 Å². The first kappa shape index (κ1) is 11.7. The maximum atomic E-state index is 10.9. The normalized spacial score (nSPS) is 12.2. The van der Waals surface area contributed by atoms with Gasteiger partial charge in [0.15, 0.2) is 0 Å². The van der Waals surface area contributed by atoms with Crippen molar-refractivity contribution in [1.82, 2.24) is 0 Å². The number of benzene rings is 1. The molecule has 82 valence electrons. The highest BCUT2D eigenvalue weighted by Gasteiger charge is 2.10. The number of methoxy groups -OCH3 is 1. The van der Waals surface area contributed by atoms with Crippen LogP contribution < -0.4 is 10.5 Å². The van der Waals surface area contributed by atoms with Gasteiger partial charge in [-0.1, -0.05) is 6.92 Å². The highest BCUT2D eigenvalue weighted by atomic mass is 16.5. The Morgan fingerprint density at radius 2 is 2.27 bits per heavy atom. The monoisotopic (exact) mass is 207 g/mol. The fourth-order valence-corrected chi connectivity index (χ4v) is 1.62. The molecule has 0 spiro atoms. The molecule has 3 nitrogen and oxygen atoms in total. The lowest BCUT2D eigenvalue weighted by Crippen LogP contribution is -2.06. The molecule has 15 heavy (non-hydrogen) atoms. The molecular formula is C12H17NO2. The van der Waals surface area contributed by atoms with Crippen LogP contribution in [0.4, 0.5) is 0 Å². The SMILES string of the molecule is COc1ccc(C=O)c(C(C)CCN)c1. The van der Waals surface area contributed by atoms with Gasteiger partial charge in [-0.2, -0.15) is 0 Å². The predicted molar refractivity (Wildman–Crippen MR) is 60.5 cm³/mol. The summed E-state index contributed by atoms with van der Waals surface area (Å²) in [6, 6.07) is 5.49. The third-order valence-corrected chi connectivity index (χ3v) is 2.55. The Hall–Kier alpha value is -1.35. The zero-order valence-corrected chi connectivity index (χ0v) is 9.19. The lowest BCUT2D eigenvalue weighted by Gasteiger charge is -2.14. The predicted octanol–water partition coefficient (Wildman–Crippen LogP) is 1.96. The fourth-order valence-electron chi connectivity index (χ4n) is 1.62. The Kier molecular flexibility index (Phi) is 4.31. The van der Waals surface area contributed by atoms with Crippen molar-refractivity contribution >= 4 is 6.29 Å². The van der Waals surface area contributed by atoms with Gasteiger partial charge in [-0.05, 0) is 42.6 Å². The number of ether oxygens (including phenoxy) is 1. The summed E-state index contributed by atoms with van der Waals surface area (Å²) < 4.78 is 5.14. The number of nitrogens with two attached hydrogens (primary N) is 1. The summed E-state index contributed by atoms with van der Waals surface area (Å²) in [5.74, 6) is 1.06. The van der Waals surface area contributed by atoms with Gasteiger partial charge < -0.3 is 10.5 Å². The highest BCUT2D eigenvalue weighted by Crippen LogP contribution is 2.25. The standard InChI is InChI=1S/C12H17NO2/c1-9(5-6-13)12-7-11(15-2)4-3-10(12)8-14/h3-4,7-9H,5-6,13H2,1-2H3. The van der Waals surface area contributed by atoms with Gasteiger partial charge in [0.1, 0.15) is 12.0 Å². The Labute approximate surface area is 90.2 Å². The van der Waals surface area contributed by atoms with Gasteiger partial charge in [-0.15, -0.1) is 0 Å². The Morgan fingerprint density at radius 1 is 1.53 bits per heavy atom. The zero-order valence-electron chi connectivity index (χ0n) is 9.19. The maximum absolute atomic E-state index is 10.9. The van der Waals surface area contributed by atoms with Gasteiger partial charge in [-0.3, -0.25) is 4.79 Å². The molecule has 0 bridgehead atoms. The van der Waals surface area contributed by atoms with Gasteiger partial charge in [0.2, 0.25) is 0 Å². The van der Waals surface area contributed by atoms with Crippen molar-refractivity contribution < 1.29 is 9.53 Å². The van der Waals surface area contributed by atoms with Crippen LogP contribution in [0, 0.1) is 0 Å². The lowest BCUT2D eigenvalue weighted by molar-refractivity contribution is 0.112. The molecule has 0 aliphatic heterocycles. The van der Waals surface area contributed by atoms with E-state index in [1.54, 1.807) is 19.2 Å². The summed E-state index contributed by atoms with van der Waals surface area (Å²) in [6.45, 7) is 2.69. The number of rotatable bonds is 5. The Balaban J connectivity index is 3.05. The molecule has 0 aliphatic rings. The number of hydrogen-bond acceptors (Lipinski definition) is 3. The van der Waals surface area contributed by atoms with Gasteiger partial charge in [0.05, 0.1) is 7.11 Å². The van der Waals surface area contributed by atoms with Crippen LogP contribution in [0.1, 0.15) is 35.2 Å². The average Bonchev–Trinajstić information content (AvgIpc) is 2.28. The molecule has 1 aromatic carbocycles. The Morgan fingerprint density at radius 3 is 2.80 bits per heavy atom. The van der Waals surface area contributed by atoms with E-state index in [0.717, 1.165) is 29.6 Å². The van der Waals surface area contributed by atoms with Gasteiger partial charge in [0.25, 0.3) is 0 Å². The van der Waals surface area contributed by atoms with Crippen LogP contribution in [0.2, 0.25) is 0 Å². The minimum atomic E-state index is 0.283. The minimum absolute atomic E-state index is 0.283. The van der Waals surface area contributed by atoms with Crippen molar-refractivity contribution in [2.24, 2.45) is 5.73 Å². The summed E-state index contributed by atoms with van der Waals surface area (Å²) in [5, 5.41) is 0. The van der Waals surface area contributed by atoms with Crippen LogP contribution in [0.25, 0.3) is 0 Å². The van der Waals surface area contributed by atoms with E-state index in [2.05, 4.69) is 6.92 Å². The van der Waals surface area contributed by atoms with Crippen LogP contribution in [-0.2, 0) is 0 Å². The first-order valence-electron chi connectivity index (χ1n) is 5.06. The van der Waals surface area contributed by atoms with Crippen molar-refractivity contribution in [3.63, 3.8) is 0 Å². The summed E-state index contributed by atoms with van der Waals surface area (Å²) in [5.41, 5.74) is 7.24. The number of hydrogen-bond donors (Lipinski definition) is 1. The second-order valence-corrected chi connectivity index (χ2v) is 3.59. The first-order valence-corrected chi connectivity index (χ1v) is 5.06. The van der Waals surface area contributed by atoms with Crippen molar-refractivity contribution in [2.75, 3.05) is 13.7 Å². The number of carbonyl (C=O) groups excluding carboxylic acids is 1. The van der Waals surface area contributed by atoms with E-state index in [9.17, 15) is 4.79 Å². The first-order chi connectivity index (χ1) is 7.22. The van der Waals surface area contributed by atoms with E-state index < -0.39 is 0 Å². The number of carbonyl (C=O) groups is 1. The van der Waals surface area contributed by atoms with E-state index in [1.165, 1.54) is 0 Å². The van der Waals surface area contributed by atoms with Crippen molar-refractivity contribution in [2.45, 2.75) is 19.3 Å². The molecule has 1 rings (SSSR count). The molecule has 3 heteroatoms. The molecule has 0 radical (unpaired) electrons. The van der Waals surface area contributed by atoms with Crippen LogP contribution in [0.3, 0.4) is 0 Å². The molecule has 1 atom stereocenters. The van der Waals surface area contributed by atoms with Crippen molar-refractivity contribution in [3.8, 4) is 5.75 Å². The van der Waals surface area contributed by atoms with Crippen LogP contribution >= 0.6 is 0 Å². The fraction of sp³-hybridized carbons (Fsp3) is 0.417. The van der Waals surface area contributed by atoms with E-state index in [0.29, 0.717) is 6.54 Å². The third kappa shape index (κ3) is 2.80. The topological polar surface area (TPSA) is 52.3 Å². The van der Waals surface area contributed by atoms with E-state index in [4.69, 9.17) is 10.5 Å². The molecule has 1 unspecified atom stereocenters. The minimum Gasteiger partial charge on any atom is -0.497 e. The second-order valence-electron chi connectivity index (χ2n) is 3.59. The van der Waals surface area contributed by atoms with Gasteiger partial charge in [0, 0.05) is 5.56 Å². The average molecular weight is 207 g/mol. The zero-order chi connectivity index (χ0) is 11.3. The van der Waals surface area contributed by atoms with Crippen LogP contribution in [0.5, 0.6) is 5.75 Å². The molecule has 1 aromatic rings. The summed E-state index contributed by atoms with van der Waals surface area (Å²) in [4.78, 5) is 10.9. The third-order valence-electron chi connectivity index (χ3n) is 2.55.